The van der Waals surface area contributed by atoms with Crippen molar-refractivity contribution in [1.29, 1.82) is 0 Å². The van der Waals surface area contributed by atoms with Gasteiger partial charge >= 0.3 is 5.97 Å². The second kappa shape index (κ2) is 8.15. The first-order valence-electron chi connectivity index (χ1n) is 8.92. The molecule has 0 bridgehead atoms. The molecule has 3 rings (SSSR count). The molecule has 4 heteroatoms. The van der Waals surface area contributed by atoms with Crippen LogP contribution in [-0.4, -0.2) is 25.5 Å². The van der Waals surface area contributed by atoms with Crippen molar-refractivity contribution in [3.05, 3.63) is 42.0 Å². The molecule has 0 N–H and O–H groups in total. The van der Waals surface area contributed by atoms with Crippen LogP contribution in [0, 0.1) is 5.92 Å². The third kappa shape index (κ3) is 4.59. The van der Waals surface area contributed by atoms with Crippen LogP contribution in [0.15, 0.2) is 36.4 Å². The Morgan fingerprint density at radius 3 is 2.52 bits per heavy atom. The van der Waals surface area contributed by atoms with E-state index < -0.39 is 0 Å². The number of methoxy groups -OCH3 is 1. The van der Waals surface area contributed by atoms with Gasteiger partial charge in [-0.05, 0) is 41.3 Å². The summed E-state index contributed by atoms with van der Waals surface area (Å²) in [5.74, 6) is 0.987. The van der Waals surface area contributed by atoms with E-state index in [1.165, 1.54) is 25.7 Å². The molecule has 1 fully saturated rings. The number of ketones is 1. The minimum absolute atomic E-state index is 0.174. The van der Waals surface area contributed by atoms with E-state index in [1.807, 2.05) is 30.3 Å². The first-order chi connectivity index (χ1) is 12.2. The van der Waals surface area contributed by atoms with E-state index in [0.29, 0.717) is 17.9 Å². The molecule has 1 saturated carbocycles. The molecule has 1 aliphatic carbocycles. The Bertz CT molecular complexity index is 760. The van der Waals surface area contributed by atoms with Crippen molar-refractivity contribution in [1.82, 2.24) is 0 Å². The fourth-order valence-corrected chi connectivity index (χ4v) is 3.45. The van der Waals surface area contributed by atoms with Crippen LogP contribution in [0.4, 0.5) is 0 Å². The van der Waals surface area contributed by atoms with Gasteiger partial charge in [0.1, 0.15) is 5.75 Å². The lowest BCUT2D eigenvalue weighted by Gasteiger charge is -2.09. The average molecular weight is 340 g/mol. The standard InChI is InChI=1S/C21H24O4/c1-24-19-10-9-16-12-18(8-7-17(16)13-19)20(22)14-25-21(23)11-6-15-4-2-3-5-15/h7-10,12-13,15H,2-6,11,14H2,1H3. The lowest BCUT2D eigenvalue weighted by molar-refractivity contribution is -0.142. The Labute approximate surface area is 148 Å². The second-order valence-corrected chi connectivity index (χ2v) is 6.70. The molecule has 4 nitrogen and oxygen atoms in total. The minimum Gasteiger partial charge on any atom is -0.497 e. The van der Waals surface area contributed by atoms with Crippen molar-refractivity contribution < 1.29 is 19.1 Å². The molecule has 25 heavy (non-hydrogen) atoms. The number of fused-ring (bicyclic) bond motifs is 1. The van der Waals surface area contributed by atoms with E-state index in [0.717, 1.165) is 22.9 Å². The van der Waals surface area contributed by atoms with Gasteiger partial charge < -0.3 is 9.47 Å². The highest BCUT2D eigenvalue weighted by molar-refractivity contribution is 6.01. The van der Waals surface area contributed by atoms with Gasteiger partial charge in [-0.25, -0.2) is 0 Å². The van der Waals surface area contributed by atoms with Crippen LogP contribution in [0.3, 0.4) is 0 Å². The predicted molar refractivity (Wildman–Crippen MR) is 97.0 cm³/mol. The normalized spacial score (nSPS) is 14.6. The van der Waals surface area contributed by atoms with Gasteiger partial charge in [0.05, 0.1) is 7.11 Å². The zero-order chi connectivity index (χ0) is 17.6. The molecule has 0 heterocycles. The Hall–Kier alpha value is -2.36. The molecule has 0 radical (unpaired) electrons. The molecule has 0 spiro atoms. The van der Waals surface area contributed by atoms with Gasteiger partial charge in [0.2, 0.25) is 0 Å². The molecule has 0 unspecified atom stereocenters. The SMILES string of the molecule is COc1ccc2cc(C(=O)COC(=O)CCC3CCCC3)ccc2c1. The summed E-state index contributed by atoms with van der Waals surface area (Å²) in [7, 11) is 1.63. The number of esters is 1. The minimum atomic E-state index is -0.272. The van der Waals surface area contributed by atoms with Crippen molar-refractivity contribution >= 4 is 22.5 Å². The molecular weight excluding hydrogens is 316 g/mol. The number of carbonyl (C=O) groups is 2. The fraction of sp³-hybridized carbons (Fsp3) is 0.429. The summed E-state index contributed by atoms with van der Waals surface area (Å²) in [6.07, 6.45) is 6.26. The number of rotatable bonds is 7. The maximum atomic E-state index is 12.3. The van der Waals surface area contributed by atoms with Gasteiger partial charge in [-0.3, -0.25) is 9.59 Å². The van der Waals surface area contributed by atoms with E-state index in [1.54, 1.807) is 13.2 Å². The maximum absolute atomic E-state index is 12.3. The van der Waals surface area contributed by atoms with Crippen LogP contribution in [0.5, 0.6) is 5.75 Å². The van der Waals surface area contributed by atoms with Gasteiger partial charge in [0.15, 0.2) is 12.4 Å². The van der Waals surface area contributed by atoms with Crippen molar-refractivity contribution in [3.8, 4) is 5.75 Å². The van der Waals surface area contributed by atoms with Crippen LogP contribution in [0.2, 0.25) is 0 Å². The quantitative estimate of drug-likeness (QED) is 0.548. The largest absolute Gasteiger partial charge is 0.497 e. The Balaban J connectivity index is 1.53. The Morgan fingerprint density at radius 2 is 1.76 bits per heavy atom. The molecule has 0 aliphatic heterocycles. The predicted octanol–water partition coefficient (Wildman–Crippen LogP) is 4.54. The summed E-state index contributed by atoms with van der Waals surface area (Å²) in [4.78, 5) is 24.1. The van der Waals surface area contributed by atoms with Gasteiger partial charge in [-0.1, -0.05) is 43.9 Å². The number of carbonyl (C=O) groups excluding carboxylic acids is 2. The third-order valence-electron chi connectivity index (χ3n) is 4.97. The molecule has 1 aliphatic rings. The van der Waals surface area contributed by atoms with Crippen molar-refractivity contribution in [2.24, 2.45) is 5.92 Å². The lowest BCUT2D eigenvalue weighted by atomic mass is 10.0. The topological polar surface area (TPSA) is 52.6 Å². The van der Waals surface area contributed by atoms with Crippen LogP contribution >= 0.6 is 0 Å². The number of ether oxygens (including phenoxy) is 2. The van der Waals surface area contributed by atoms with Crippen LogP contribution in [-0.2, 0) is 9.53 Å². The number of hydrogen-bond acceptors (Lipinski definition) is 4. The fourth-order valence-electron chi connectivity index (χ4n) is 3.45. The van der Waals surface area contributed by atoms with E-state index in [9.17, 15) is 9.59 Å². The van der Waals surface area contributed by atoms with Gasteiger partial charge in [-0.15, -0.1) is 0 Å². The molecular formula is C21H24O4. The molecule has 132 valence electrons. The monoisotopic (exact) mass is 340 g/mol. The molecule has 0 saturated heterocycles. The first-order valence-corrected chi connectivity index (χ1v) is 8.92. The first kappa shape index (κ1) is 17.5. The van der Waals surface area contributed by atoms with Gasteiger partial charge in [0.25, 0.3) is 0 Å². The summed E-state index contributed by atoms with van der Waals surface area (Å²) < 4.78 is 10.4. The maximum Gasteiger partial charge on any atom is 0.306 e. The smallest absolute Gasteiger partial charge is 0.306 e. The molecule has 0 aromatic heterocycles. The average Bonchev–Trinajstić information content (AvgIpc) is 3.17. The zero-order valence-electron chi connectivity index (χ0n) is 14.6. The van der Waals surface area contributed by atoms with Crippen LogP contribution in [0.1, 0.15) is 48.9 Å². The van der Waals surface area contributed by atoms with E-state index in [-0.39, 0.29) is 18.4 Å². The summed E-state index contributed by atoms with van der Waals surface area (Å²) in [5.41, 5.74) is 0.557. The summed E-state index contributed by atoms with van der Waals surface area (Å²) >= 11 is 0. The van der Waals surface area contributed by atoms with Crippen molar-refractivity contribution in [2.75, 3.05) is 13.7 Å². The van der Waals surface area contributed by atoms with Crippen LogP contribution in [0.25, 0.3) is 10.8 Å². The highest BCUT2D eigenvalue weighted by Gasteiger charge is 2.17. The summed E-state index contributed by atoms with van der Waals surface area (Å²) in [6.45, 7) is -0.189. The molecule has 2 aromatic rings. The van der Waals surface area contributed by atoms with E-state index in [2.05, 4.69) is 0 Å². The zero-order valence-corrected chi connectivity index (χ0v) is 14.6. The number of benzene rings is 2. The number of Topliss-reactive ketones (excluding diaryl/α,β-unsaturated/α-hetero) is 1. The summed E-state index contributed by atoms with van der Waals surface area (Å²) in [6, 6.07) is 11.2. The number of hydrogen-bond donors (Lipinski definition) is 0. The Morgan fingerprint density at radius 1 is 1.04 bits per heavy atom. The van der Waals surface area contributed by atoms with Crippen LogP contribution < -0.4 is 4.74 Å². The highest BCUT2D eigenvalue weighted by atomic mass is 16.5. The van der Waals surface area contributed by atoms with E-state index >= 15 is 0 Å². The van der Waals surface area contributed by atoms with Crippen molar-refractivity contribution in [3.63, 3.8) is 0 Å². The molecule has 0 amide bonds. The highest BCUT2D eigenvalue weighted by Crippen LogP contribution is 2.28. The van der Waals surface area contributed by atoms with Gasteiger partial charge in [-0.2, -0.15) is 0 Å². The third-order valence-corrected chi connectivity index (χ3v) is 4.97. The van der Waals surface area contributed by atoms with Crippen molar-refractivity contribution in [2.45, 2.75) is 38.5 Å². The van der Waals surface area contributed by atoms with E-state index in [4.69, 9.17) is 9.47 Å². The lowest BCUT2D eigenvalue weighted by Crippen LogP contribution is -2.14. The second-order valence-electron chi connectivity index (χ2n) is 6.70. The summed E-state index contributed by atoms with van der Waals surface area (Å²) in [5, 5.41) is 1.96. The molecule has 0 atom stereocenters. The molecule has 2 aromatic carbocycles. The Kier molecular flexibility index (Phi) is 5.69. The van der Waals surface area contributed by atoms with Gasteiger partial charge in [0, 0.05) is 12.0 Å².